The van der Waals surface area contributed by atoms with E-state index in [4.69, 9.17) is 14.4 Å². The van der Waals surface area contributed by atoms with E-state index in [1.54, 1.807) is 7.11 Å². The molecule has 2 heterocycles. The Hall–Kier alpha value is -2.76. The molecule has 0 saturated heterocycles. The molecule has 6 nitrogen and oxygen atoms in total. The van der Waals surface area contributed by atoms with Crippen molar-refractivity contribution in [1.29, 1.82) is 0 Å². The third-order valence-electron chi connectivity index (χ3n) is 3.18. The highest BCUT2D eigenvalue weighted by Crippen LogP contribution is 2.34. The van der Waals surface area contributed by atoms with Gasteiger partial charge in [0.1, 0.15) is 11.4 Å². The van der Waals surface area contributed by atoms with E-state index in [9.17, 15) is 4.79 Å². The van der Waals surface area contributed by atoms with E-state index in [0.29, 0.717) is 5.69 Å². The van der Waals surface area contributed by atoms with Crippen molar-refractivity contribution in [2.24, 2.45) is 7.05 Å². The summed E-state index contributed by atoms with van der Waals surface area (Å²) in [5, 5.41) is 13.6. The number of fused-ring (bicyclic) bond motifs is 1. The summed E-state index contributed by atoms with van der Waals surface area (Å²) < 4.78 is 12.1. The topological polar surface area (TPSA) is 77.5 Å². The summed E-state index contributed by atoms with van der Waals surface area (Å²) in [6.07, 6.45) is 1.87. The second-order valence-corrected chi connectivity index (χ2v) is 4.39. The average Bonchev–Trinajstić information content (AvgIpc) is 3.04. The molecular formula is C14H12N2O4. The van der Waals surface area contributed by atoms with Crippen molar-refractivity contribution < 1.29 is 19.2 Å². The van der Waals surface area contributed by atoms with E-state index < -0.39 is 5.97 Å². The minimum absolute atomic E-state index is 0.181. The molecule has 20 heavy (non-hydrogen) atoms. The summed E-state index contributed by atoms with van der Waals surface area (Å²) >= 11 is 0. The van der Waals surface area contributed by atoms with Gasteiger partial charge in [0.15, 0.2) is 0 Å². The van der Waals surface area contributed by atoms with Crippen LogP contribution < -0.4 is 4.74 Å². The fraction of sp³-hybridized carbons (Fsp3) is 0.143. The predicted molar refractivity (Wildman–Crippen MR) is 71.9 cm³/mol. The highest BCUT2D eigenvalue weighted by atomic mass is 16.5. The maximum absolute atomic E-state index is 10.9. The molecule has 0 aliphatic carbocycles. The van der Waals surface area contributed by atoms with Gasteiger partial charge in [-0.3, -0.25) is 0 Å². The number of aryl methyl sites for hydroxylation is 1. The summed E-state index contributed by atoms with van der Waals surface area (Å²) in [7, 11) is 3.51. The van der Waals surface area contributed by atoms with Gasteiger partial charge in [-0.25, -0.2) is 4.79 Å². The molecule has 0 aliphatic heterocycles. The van der Waals surface area contributed by atoms with Crippen molar-refractivity contribution >= 4 is 16.9 Å². The second kappa shape index (κ2) is 4.41. The molecule has 0 aliphatic rings. The molecule has 0 bridgehead atoms. The van der Waals surface area contributed by atoms with E-state index in [0.717, 1.165) is 22.2 Å². The van der Waals surface area contributed by atoms with Gasteiger partial charge in [0, 0.05) is 30.3 Å². The first-order chi connectivity index (χ1) is 9.61. The number of carboxylic acids is 1. The SMILES string of the molecule is COc1cccc2c(-c3cc(C(=O)O)on3)cn(C)c12. The number of rotatable bonds is 3. The Morgan fingerprint density at radius 3 is 2.90 bits per heavy atom. The third-order valence-corrected chi connectivity index (χ3v) is 3.18. The number of aromatic nitrogens is 2. The minimum Gasteiger partial charge on any atom is -0.495 e. The molecule has 0 amide bonds. The Bertz CT molecular complexity index is 801. The van der Waals surface area contributed by atoms with Gasteiger partial charge in [-0.2, -0.15) is 0 Å². The molecule has 0 radical (unpaired) electrons. The molecule has 1 aromatic carbocycles. The first kappa shape index (κ1) is 12.3. The van der Waals surface area contributed by atoms with Crippen molar-refractivity contribution in [3.8, 4) is 17.0 Å². The van der Waals surface area contributed by atoms with Crippen LogP contribution in [0.25, 0.3) is 22.2 Å². The number of nitrogens with zero attached hydrogens (tertiary/aromatic N) is 2. The van der Waals surface area contributed by atoms with Gasteiger partial charge in [0.2, 0.25) is 5.76 Å². The van der Waals surface area contributed by atoms with Gasteiger partial charge < -0.3 is 18.9 Å². The van der Waals surface area contributed by atoms with Crippen molar-refractivity contribution in [3.05, 3.63) is 36.2 Å². The quantitative estimate of drug-likeness (QED) is 0.792. The number of aromatic carboxylic acids is 1. The lowest BCUT2D eigenvalue weighted by atomic mass is 10.1. The normalized spacial score (nSPS) is 10.9. The number of benzene rings is 1. The van der Waals surface area contributed by atoms with Gasteiger partial charge in [-0.15, -0.1) is 0 Å². The monoisotopic (exact) mass is 272 g/mol. The number of carbonyl (C=O) groups is 1. The van der Waals surface area contributed by atoms with Crippen LogP contribution in [0.3, 0.4) is 0 Å². The molecule has 0 spiro atoms. The van der Waals surface area contributed by atoms with Crippen LogP contribution in [0.5, 0.6) is 5.75 Å². The van der Waals surface area contributed by atoms with Crippen LogP contribution in [0.2, 0.25) is 0 Å². The highest BCUT2D eigenvalue weighted by Gasteiger charge is 2.17. The van der Waals surface area contributed by atoms with Crippen LogP contribution >= 0.6 is 0 Å². The predicted octanol–water partition coefficient (Wildman–Crippen LogP) is 2.54. The fourth-order valence-corrected chi connectivity index (χ4v) is 2.30. The molecule has 0 unspecified atom stereocenters. The molecule has 6 heteroatoms. The van der Waals surface area contributed by atoms with E-state index in [-0.39, 0.29) is 5.76 Å². The van der Waals surface area contributed by atoms with Crippen LogP contribution in [0.1, 0.15) is 10.6 Å². The number of methoxy groups -OCH3 is 1. The van der Waals surface area contributed by atoms with Crippen LogP contribution in [-0.4, -0.2) is 27.9 Å². The Morgan fingerprint density at radius 2 is 2.25 bits per heavy atom. The van der Waals surface area contributed by atoms with Gasteiger partial charge in [-0.05, 0) is 6.07 Å². The van der Waals surface area contributed by atoms with Gasteiger partial charge in [0.05, 0.1) is 12.6 Å². The third kappa shape index (κ3) is 1.73. The molecule has 2 aromatic heterocycles. The first-order valence-corrected chi connectivity index (χ1v) is 5.94. The summed E-state index contributed by atoms with van der Waals surface area (Å²) in [5.74, 6) is -0.570. The zero-order valence-electron chi connectivity index (χ0n) is 11.0. The molecule has 3 aromatic rings. The Kier molecular flexibility index (Phi) is 2.71. The minimum atomic E-state index is -1.14. The molecule has 0 atom stereocenters. The summed E-state index contributed by atoms with van der Waals surface area (Å²) in [4.78, 5) is 10.9. The van der Waals surface area contributed by atoms with Crippen LogP contribution in [0.4, 0.5) is 0 Å². The zero-order chi connectivity index (χ0) is 14.3. The first-order valence-electron chi connectivity index (χ1n) is 5.94. The summed E-state index contributed by atoms with van der Waals surface area (Å²) in [6, 6.07) is 7.10. The molecule has 102 valence electrons. The smallest absolute Gasteiger partial charge is 0.374 e. The maximum Gasteiger partial charge on any atom is 0.374 e. The largest absolute Gasteiger partial charge is 0.495 e. The van der Waals surface area contributed by atoms with Crippen LogP contribution in [-0.2, 0) is 7.05 Å². The number of hydrogen-bond donors (Lipinski definition) is 1. The van der Waals surface area contributed by atoms with Gasteiger partial charge >= 0.3 is 5.97 Å². The van der Waals surface area contributed by atoms with Crippen LogP contribution in [0, 0.1) is 0 Å². The highest BCUT2D eigenvalue weighted by molar-refractivity contribution is 5.99. The van der Waals surface area contributed by atoms with E-state index in [2.05, 4.69) is 5.16 Å². The average molecular weight is 272 g/mol. The van der Waals surface area contributed by atoms with Crippen molar-refractivity contribution in [2.45, 2.75) is 0 Å². The Labute approximate surface area is 114 Å². The molecule has 1 N–H and O–H groups in total. The lowest BCUT2D eigenvalue weighted by molar-refractivity contribution is 0.0652. The van der Waals surface area contributed by atoms with E-state index in [1.807, 2.05) is 36.0 Å². The lowest BCUT2D eigenvalue weighted by Gasteiger charge is -2.03. The maximum atomic E-state index is 10.9. The van der Waals surface area contributed by atoms with E-state index in [1.165, 1.54) is 6.07 Å². The zero-order valence-corrected chi connectivity index (χ0v) is 11.0. The molecule has 0 saturated carbocycles. The fourth-order valence-electron chi connectivity index (χ4n) is 2.30. The number of ether oxygens (including phenoxy) is 1. The number of carboxylic acid groups (broad SMARTS) is 1. The molecule has 3 rings (SSSR count). The number of para-hydroxylation sites is 1. The van der Waals surface area contributed by atoms with E-state index >= 15 is 0 Å². The van der Waals surface area contributed by atoms with Gasteiger partial charge in [0.25, 0.3) is 0 Å². The van der Waals surface area contributed by atoms with Crippen molar-refractivity contribution in [3.63, 3.8) is 0 Å². The second-order valence-electron chi connectivity index (χ2n) is 4.39. The van der Waals surface area contributed by atoms with Crippen molar-refractivity contribution in [1.82, 2.24) is 9.72 Å². The van der Waals surface area contributed by atoms with Crippen molar-refractivity contribution in [2.75, 3.05) is 7.11 Å². The van der Waals surface area contributed by atoms with Gasteiger partial charge in [-0.1, -0.05) is 17.3 Å². The number of hydrogen-bond acceptors (Lipinski definition) is 4. The van der Waals surface area contributed by atoms with Crippen LogP contribution in [0.15, 0.2) is 35.0 Å². The standard InChI is InChI=1S/C14H12N2O4/c1-16-7-9(10-6-12(14(17)18)20-15-10)8-4-3-5-11(19-2)13(8)16/h3-7H,1-2H3,(H,17,18). The lowest BCUT2D eigenvalue weighted by Crippen LogP contribution is -1.91. The summed E-state index contributed by atoms with van der Waals surface area (Å²) in [6.45, 7) is 0. The summed E-state index contributed by atoms with van der Waals surface area (Å²) in [5.41, 5.74) is 2.21. The Morgan fingerprint density at radius 1 is 1.45 bits per heavy atom. The Balaban J connectivity index is 2.23. The molecular weight excluding hydrogens is 260 g/mol. The molecule has 0 fully saturated rings.